The summed E-state index contributed by atoms with van der Waals surface area (Å²) >= 11 is 0. The number of nitrogens with one attached hydrogen (secondary N) is 1. The standard InChI is InChI=1S/C8H14N2O2/c1-6(2)7(11)4-10-8(12)5-9-3/h6-7,11H,4-5H2,1-2H3,(H,10,12). The van der Waals surface area contributed by atoms with Crippen molar-refractivity contribution < 1.29 is 9.90 Å². The van der Waals surface area contributed by atoms with E-state index in [1.807, 2.05) is 13.8 Å². The van der Waals surface area contributed by atoms with Gasteiger partial charge in [0.15, 0.2) is 0 Å². The molecule has 0 aromatic heterocycles. The molecule has 2 N–H and O–H groups in total. The Labute approximate surface area is 72.4 Å². The van der Waals surface area contributed by atoms with E-state index in [2.05, 4.69) is 10.2 Å². The molecule has 68 valence electrons. The Bertz CT molecular complexity index is 184. The Hall–Kier alpha value is -1.08. The molecule has 4 heteroatoms. The summed E-state index contributed by atoms with van der Waals surface area (Å²) in [6, 6.07) is 0. The minimum atomic E-state index is -0.528. The van der Waals surface area contributed by atoms with Gasteiger partial charge in [0.2, 0.25) is 0 Å². The molecule has 0 bridgehead atoms. The van der Waals surface area contributed by atoms with Gasteiger partial charge < -0.3 is 15.3 Å². The normalized spacial score (nSPS) is 12.2. The molecule has 0 saturated carbocycles. The van der Waals surface area contributed by atoms with Gasteiger partial charge in [0, 0.05) is 6.54 Å². The first-order chi connectivity index (χ1) is 5.57. The minimum Gasteiger partial charge on any atom is -0.391 e. The third kappa shape index (κ3) is 4.69. The molecule has 0 aliphatic rings. The summed E-state index contributed by atoms with van der Waals surface area (Å²) in [4.78, 5) is 13.6. The predicted molar refractivity (Wildman–Crippen MR) is 45.3 cm³/mol. The largest absolute Gasteiger partial charge is 0.391 e. The number of carbonyl (C=O) groups is 1. The number of aliphatic hydroxyl groups excluding tert-OH is 1. The molecule has 0 saturated heterocycles. The molecule has 1 unspecified atom stereocenters. The van der Waals surface area contributed by atoms with Gasteiger partial charge in [0.1, 0.15) is 0 Å². The lowest BCUT2D eigenvalue weighted by atomic mass is 10.1. The third-order valence-electron chi connectivity index (χ3n) is 1.50. The molecular formula is C8H14N2O2. The van der Waals surface area contributed by atoms with Crippen molar-refractivity contribution in [1.29, 1.82) is 0 Å². The summed E-state index contributed by atoms with van der Waals surface area (Å²) in [5.74, 6) is -0.206. The third-order valence-corrected chi connectivity index (χ3v) is 1.50. The SMILES string of the molecule is [C-]#[N+]CC(=O)NCC(O)C(C)C. The average Bonchev–Trinajstić information content (AvgIpc) is 2.00. The van der Waals surface area contributed by atoms with Gasteiger partial charge in [0.25, 0.3) is 12.5 Å². The van der Waals surface area contributed by atoms with Crippen LogP contribution in [0, 0.1) is 12.5 Å². The maximum absolute atomic E-state index is 10.7. The van der Waals surface area contributed by atoms with Gasteiger partial charge in [0.05, 0.1) is 6.10 Å². The van der Waals surface area contributed by atoms with Crippen molar-refractivity contribution in [2.24, 2.45) is 5.92 Å². The highest BCUT2D eigenvalue weighted by Crippen LogP contribution is 1.98. The zero-order chi connectivity index (χ0) is 9.56. The van der Waals surface area contributed by atoms with Crippen molar-refractivity contribution in [3.8, 4) is 0 Å². The molecule has 0 aliphatic heterocycles. The van der Waals surface area contributed by atoms with Crippen molar-refractivity contribution >= 4 is 5.91 Å². The van der Waals surface area contributed by atoms with Gasteiger partial charge >= 0.3 is 0 Å². The van der Waals surface area contributed by atoms with Gasteiger partial charge in [-0.15, -0.1) is 0 Å². The zero-order valence-corrected chi connectivity index (χ0v) is 7.37. The van der Waals surface area contributed by atoms with Gasteiger partial charge in [-0.25, -0.2) is 6.57 Å². The first-order valence-electron chi connectivity index (χ1n) is 3.86. The Kier molecular flexibility index (Phi) is 5.06. The fourth-order valence-electron chi connectivity index (χ4n) is 0.582. The van der Waals surface area contributed by atoms with Crippen LogP contribution in [0.3, 0.4) is 0 Å². The van der Waals surface area contributed by atoms with E-state index in [1.165, 1.54) is 0 Å². The molecule has 0 heterocycles. The van der Waals surface area contributed by atoms with Crippen LogP contribution >= 0.6 is 0 Å². The van der Waals surface area contributed by atoms with Crippen LogP contribution in [0.1, 0.15) is 13.8 Å². The molecule has 0 rings (SSSR count). The number of hydrogen-bond donors (Lipinski definition) is 2. The quantitative estimate of drug-likeness (QED) is 0.585. The van der Waals surface area contributed by atoms with E-state index in [4.69, 9.17) is 6.57 Å². The van der Waals surface area contributed by atoms with Crippen LogP contribution in [-0.2, 0) is 4.79 Å². The highest BCUT2D eigenvalue weighted by Gasteiger charge is 2.11. The molecule has 0 fully saturated rings. The number of nitrogens with zero attached hydrogens (tertiary/aromatic N) is 1. The summed E-state index contributed by atoms with van der Waals surface area (Å²) < 4.78 is 0. The van der Waals surface area contributed by atoms with E-state index in [0.29, 0.717) is 0 Å². The van der Waals surface area contributed by atoms with Crippen molar-refractivity contribution in [1.82, 2.24) is 5.32 Å². The highest BCUT2D eigenvalue weighted by molar-refractivity contribution is 5.79. The molecule has 0 aromatic carbocycles. The van der Waals surface area contributed by atoms with Crippen molar-refractivity contribution in [3.63, 3.8) is 0 Å². The van der Waals surface area contributed by atoms with Crippen molar-refractivity contribution in [2.45, 2.75) is 20.0 Å². The van der Waals surface area contributed by atoms with Gasteiger partial charge in [-0.2, -0.15) is 0 Å². The molecular weight excluding hydrogens is 156 g/mol. The van der Waals surface area contributed by atoms with Gasteiger partial charge in [-0.05, 0) is 5.92 Å². The fraction of sp³-hybridized carbons (Fsp3) is 0.750. The Balaban J connectivity index is 3.55. The second-order valence-electron chi connectivity index (χ2n) is 2.93. The lowest BCUT2D eigenvalue weighted by molar-refractivity contribution is -0.119. The Morgan fingerprint density at radius 3 is 2.67 bits per heavy atom. The first-order valence-corrected chi connectivity index (χ1v) is 3.86. The summed E-state index contributed by atoms with van der Waals surface area (Å²) in [5, 5.41) is 11.7. The number of amides is 1. The molecule has 4 nitrogen and oxygen atoms in total. The van der Waals surface area contributed by atoms with Crippen LogP contribution in [0.5, 0.6) is 0 Å². The van der Waals surface area contributed by atoms with E-state index in [-0.39, 0.29) is 24.9 Å². The second-order valence-corrected chi connectivity index (χ2v) is 2.93. The summed E-state index contributed by atoms with van der Waals surface area (Å²) in [6.07, 6.45) is -0.528. The first kappa shape index (κ1) is 10.9. The smallest absolute Gasteiger partial charge is 0.300 e. The lowest BCUT2D eigenvalue weighted by Crippen LogP contribution is -2.35. The van der Waals surface area contributed by atoms with Gasteiger partial charge in [-0.3, -0.25) is 4.79 Å². The van der Waals surface area contributed by atoms with E-state index in [1.54, 1.807) is 0 Å². The molecule has 0 radical (unpaired) electrons. The molecule has 0 aliphatic carbocycles. The summed E-state index contributed by atoms with van der Waals surface area (Å²) in [5.41, 5.74) is 0. The fourth-order valence-corrected chi connectivity index (χ4v) is 0.582. The van der Waals surface area contributed by atoms with Gasteiger partial charge in [-0.1, -0.05) is 13.8 Å². The zero-order valence-electron chi connectivity index (χ0n) is 7.37. The predicted octanol–water partition coefficient (Wildman–Crippen LogP) is 0.0388. The van der Waals surface area contributed by atoms with Crippen LogP contribution in [0.2, 0.25) is 0 Å². The van der Waals surface area contributed by atoms with E-state index in [9.17, 15) is 9.90 Å². The second kappa shape index (κ2) is 5.56. The number of rotatable bonds is 4. The van der Waals surface area contributed by atoms with Crippen LogP contribution in [-0.4, -0.2) is 30.2 Å². The molecule has 12 heavy (non-hydrogen) atoms. The summed E-state index contributed by atoms with van der Waals surface area (Å²) in [7, 11) is 0. The van der Waals surface area contributed by atoms with Crippen molar-refractivity contribution in [3.05, 3.63) is 11.4 Å². The summed E-state index contributed by atoms with van der Waals surface area (Å²) in [6.45, 7) is 10.2. The van der Waals surface area contributed by atoms with Crippen LogP contribution < -0.4 is 5.32 Å². The molecule has 1 atom stereocenters. The monoisotopic (exact) mass is 170 g/mol. The van der Waals surface area contributed by atoms with Crippen LogP contribution in [0.25, 0.3) is 4.85 Å². The Morgan fingerprint density at radius 2 is 2.25 bits per heavy atom. The van der Waals surface area contributed by atoms with Crippen LogP contribution in [0.4, 0.5) is 0 Å². The van der Waals surface area contributed by atoms with E-state index < -0.39 is 6.10 Å². The number of aliphatic hydroxyl groups is 1. The van der Waals surface area contributed by atoms with E-state index in [0.717, 1.165) is 0 Å². The number of hydrogen-bond acceptors (Lipinski definition) is 2. The minimum absolute atomic E-state index is 0.123. The lowest BCUT2D eigenvalue weighted by Gasteiger charge is -2.13. The maximum Gasteiger partial charge on any atom is 0.300 e. The topological polar surface area (TPSA) is 53.7 Å². The average molecular weight is 170 g/mol. The highest BCUT2D eigenvalue weighted by atomic mass is 16.3. The molecule has 0 aromatic rings. The molecule has 0 spiro atoms. The van der Waals surface area contributed by atoms with Crippen molar-refractivity contribution in [2.75, 3.05) is 13.1 Å². The molecule has 1 amide bonds. The van der Waals surface area contributed by atoms with Crippen LogP contribution in [0.15, 0.2) is 0 Å². The number of carbonyl (C=O) groups excluding carboxylic acids is 1. The maximum atomic E-state index is 10.7. The van der Waals surface area contributed by atoms with E-state index >= 15 is 0 Å². The Morgan fingerprint density at radius 1 is 1.67 bits per heavy atom.